The third-order valence-corrected chi connectivity index (χ3v) is 2.79. The lowest BCUT2D eigenvalue weighted by Gasteiger charge is -2.08. The summed E-state index contributed by atoms with van der Waals surface area (Å²) in [5.41, 5.74) is 1.31. The molecule has 0 bridgehead atoms. The minimum absolute atomic E-state index is 0.0950. The van der Waals surface area contributed by atoms with Gasteiger partial charge >= 0.3 is 5.97 Å². The number of anilines is 1. The molecule has 1 N–H and O–H groups in total. The predicted octanol–water partition coefficient (Wildman–Crippen LogP) is 3.04. The van der Waals surface area contributed by atoms with E-state index in [9.17, 15) is 9.59 Å². The van der Waals surface area contributed by atoms with Crippen molar-refractivity contribution in [1.29, 1.82) is 0 Å². The molecule has 0 fully saturated rings. The molecule has 0 amide bonds. The summed E-state index contributed by atoms with van der Waals surface area (Å²) in [6, 6.07) is 17.9. The van der Waals surface area contributed by atoms with Gasteiger partial charge in [0.1, 0.15) is 5.70 Å². The van der Waals surface area contributed by atoms with Crippen molar-refractivity contribution in [3.63, 3.8) is 0 Å². The molecule has 2 rings (SSSR count). The zero-order valence-electron chi connectivity index (χ0n) is 11.6. The number of benzene rings is 2. The SMILES string of the molecule is COC(=O)C(=CC(=O)c1ccccc1)Nc1ccccc1. The zero-order chi connectivity index (χ0) is 15.1. The second-order valence-electron chi connectivity index (χ2n) is 4.27. The molecular formula is C17H15NO3. The Morgan fingerprint density at radius 1 is 0.952 bits per heavy atom. The van der Waals surface area contributed by atoms with Gasteiger partial charge in [-0.05, 0) is 12.1 Å². The van der Waals surface area contributed by atoms with Gasteiger partial charge in [-0.3, -0.25) is 4.79 Å². The fraction of sp³-hybridized carbons (Fsp3) is 0.0588. The summed E-state index contributed by atoms with van der Waals surface area (Å²) in [5.74, 6) is -0.859. The number of carbonyl (C=O) groups excluding carboxylic acids is 2. The van der Waals surface area contributed by atoms with Crippen LogP contribution in [0.3, 0.4) is 0 Å². The summed E-state index contributed by atoms with van der Waals surface area (Å²) in [6.45, 7) is 0. The van der Waals surface area contributed by atoms with Crippen LogP contribution >= 0.6 is 0 Å². The summed E-state index contributed by atoms with van der Waals surface area (Å²) in [7, 11) is 1.27. The van der Waals surface area contributed by atoms with Crippen LogP contribution in [0.1, 0.15) is 10.4 Å². The van der Waals surface area contributed by atoms with Gasteiger partial charge in [0.25, 0.3) is 0 Å². The number of rotatable bonds is 5. The topological polar surface area (TPSA) is 55.4 Å². The van der Waals surface area contributed by atoms with E-state index in [4.69, 9.17) is 4.74 Å². The molecule has 0 atom stereocenters. The van der Waals surface area contributed by atoms with E-state index in [2.05, 4.69) is 5.32 Å². The highest BCUT2D eigenvalue weighted by Crippen LogP contribution is 2.11. The number of esters is 1. The molecule has 2 aromatic carbocycles. The lowest BCUT2D eigenvalue weighted by molar-refractivity contribution is -0.135. The maximum absolute atomic E-state index is 12.1. The molecular weight excluding hydrogens is 266 g/mol. The van der Waals surface area contributed by atoms with Gasteiger partial charge in [-0.2, -0.15) is 0 Å². The molecule has 0 spiro atoms. The van der Waals surface area contributed by atoms with Crippen molar-refractivity contribution in [2.24, 2.45) is 0 Å². The van der Waals surface area contributed by atoms with Gasteiger partial charge < -0.3 is 10.1 Å². The lowest BCUT2D eigenvalue weighted by atomic mass is 10.1. The highest BCUT2D eigenvalue weighted by atomic mass is 16.5. The first kappa shape index (κ1) is 14.5. The molecule has 0 aromatic heterocycles. The average Bonchev–Trinajstić information content (AvgIpc) is 2.55. The molecule has 2 aromatic rings. The Morgan fingerprint density at radius 2 is 1.52 bits per heavy atom. The summed E-state index contributed by atoms with van der Waals surface area (Å²) < 4.78 is 4.70. The first-order valence-electron chi connectivity index (χ1n) is 6.42. The molecule has 4 heteroatoms. The lowest BCUT2D eigenvalue weighted by Crippen LogP contribution is -2.15. The third kappa shape index (κ3) is 4.04. The molecule has 0 aliphatic rings. The number of para-hydroxylation sites is 1. The molecule has 0 saturated heterocycles. The maximum Gasteiger partial charge on any atom is 0.354 e. The van der Waals surface area contributed by atoms with E-state index >= 15 is 0 Å². The number of hydrogen-bond acceptors (Lipinski definition) is 4. The van der Waals surface area contributed by atoms with Crippen molar-refractivity contribution in [1.82, 2.24) is 0 Å². The molecule has 0 unspecified atom stereocenters. The van der Waals surface area contributed by atoms with Crippen molar-refractivity contribution in [3.05, 3.63) is 78.0 Å². The number of hydrogen-bond donors (Lipinski definition) is 1. The van der Waals surface area contributed by atoms with Crippen molar-refractivity contribution in [2.45, 2.75) is 0 Å². The van der Waals surface area contributed by atoms with Gasteiger partial charge in [-0.1, -0.05) is 48.5 Å². The van der Waals surface area contributed by atoms with Crippen molar-refractivity contribution in [3.8, 4) is 0 Å². The Kier molecular flexibility index (Phi) is 4.88. The second kappa shape index (κ2) is 7.05. The third-order valence-electron chi connectivity index (χ3n) is 2.79. The van der Waals surface area contributed by atoms with Gasteiger partial charge in [0, 0.05) is 17.3 Å². The number of methoxy groups -OCH3 is 1. The van der Waals surface area contributed by atoms with E-state index in [0.29, 0.717) is 11.3 Å². The standard InChI is InChI=1S/C17H15NO3/c1-21-17(20)15(18-14-10-6-3-7-11-14)12-16(19)13-8-4-2-5-9-13/h2-12,18H,1H3. The summed E-state index contributed by atoms with van der Waals surface area (Å²) in [4.78, 5) is 23.9. The first-order chi connectivity index (χ1) is 10.2. The van der Waals surface area contributed by atoms with E-state index in [1.54, 1.807) is 36.4 Å². The number of nitrogens with one attached hydrogen (secondary N) is 1. The number of allylic oxidation sites excluding steroid dienone is 1. The van der Waals surface area contributed by atoms with Crippen molar-refractivity contribution >= 4 is 17.4 Å². The van der Waals surface area contributed by atoms with Crippen LogP contribution in [0.5, 0.6) is 0 Å². The van der Waals surface area contributed by atoms with E-state index in [1.165, 1.54) is 13.2 Å². The molecule has 0 aliphatic heterocycles. The summed E-state index contributed by atoms with van der Waals surface area (Å²) in [5, 5.41) is 2.90. The first-order valence-corrected chi connectivity index (χ1v) is 6.42. The minimum atomic E-state index is -0.594. The van der Waals surface area contributed by atoms with Crippen LogP contribution in [-0.2, 0) is 9.53 Å². The Labute approximate surface area is 123 Å². The highest BCUT2D eigenvalue weighted by molar-refractivity contribution is 6.09. The smallest absolute Gasteiger partial charge is 0.354 e. The van der Waals surface area contributed by atoms with Gasteiger partial charge in [-0.25, -0.2) is 4.79 Å². The van der Waals surface area contributed by atoms with Gasteiger partial charge in [-0.15, -0.1) is 0 Å². The molecule has 21 heavy (non-hydrogen) atoms. The van der Waals surface area contributed by atoms with Crippen LogP contribution < -0.4 is 5.32 Å². The van der Waals surface area contributed by atoms with Crippen LogP contribution in [0.25, 0.3) is 0 Å². The van der Waals surface area contributed by atoms with Gasteiger partial charge in [0.15, 0.2) is 5.78 Å². The average molecular weight is 281 g/mol. The summed E-state index contributed by atoms with van der Waals surface area (Å²) >= 11 is 0. The van der Waals surface area contributed by atoms with Crippen LogP contribution in [0.2, 0.25) is 0 Å². The molecule has 4 nitrogen and oxygen atoms in total. The van der Waals surface area contributed by atoms with Crippen LogP contribution in [0.15, 0.2) is 72.4 Å². The highest BCUT2D eigenvalue weighted by Gasteiger charge is 2.13. The number of ether oxygens (including phenoxy) is 1. The van der Waals surface area contributed by atoms with E-state index in [0.717, 1.165) is 0 Å². The number of carbonyl (C=O) groups is 2. The molecule has 0 radical (unpaired) electrons. The van der Waals surface area contributed by atoms with E-state index in [1.807, 2.05) is 24.3 Å². The molecule has 0 heterocycles. The Morgan fingerprint density at radius 3 is 2.10 bits per heavy atom. The second-order valence-corrected chi connectivity index (χ2v) is 4.27. The zero-order valence-corrected chi connectivity index (χ0v) is 11.6. The van der Waals surface area contributed by atoms with Crippen LogP contribution in [-0.4, -0.2) is 18.9 Å². The summed E-state index contributed by atoms with van der Waals surface area (Å²) in [6.07, 6.45) is 1.24. The van der Waals surface area contributed by atoms with E-state index < -0.39 is 5.97 Å². The quantitative estimate of drug-likeness (QED) is 0.520. The Bertz CT molecular complexity index is 648. The van der Waals surface area contributed by atoms with Crippen molar-refractivity contribution in [2.75, 3.05) is 12.4 Å². The van der Waals surface area contributed by atoms with Gasteiger partial charge in [0.2, 0.25) is 0 Å². The Balaban J connectivity index is 2.26. The minimum Gasteiger partial charge on any atom is -0.464 e. The predicted molar refractivity (Wildman–Crippen MR) is 80.9 cm³/mol. The van der Waals surface area contributed by atoms with Crippen LogP contribution in [0, 0.1) is 0 Å². The normalized spacial score (nSPS) is 10.8. The molecule has 0 aliphatic carbocycles. The van der Waals surface area contributed by atoms with E-state index in [-0.39, 0.29) is 11.5 Å². The molecule has 106 valence electrons. The van der Waals surface area contributed by atoms with Crippen molar-refractivity contribution < 1.29 is 14.3 Å². The fourth-order valence-electron chi connectivity index (χ4n) is 1.75. The maximum atomic E-state index is 12.1. The number of ketones is 1. The Hall–Kier alpha value is -2.88. The monoisotopic (exact) mass is 281 g/mol. The van der Waals surface area contributed by atoms with Gasteiger partial charge in [0.05, 0.1) is 7.11 Å². The van der Waals surface area contributed by atoms with Crippen LogP contribution in [0.4, 0.5) is 5.69 Å². The fourth-order valence-corrected chi connectivity index (χ4v) is 1.75. The largest absolute Gasteiger partial charge is 0.464 e. The molecule has 0 saturated carbocycles.